The smallest absolute Gasteiger partial charge is 0.0812 e. The normalized spacial score (nSPS) is 10.4. The number of rotatable bonds is 2. The SMILES string of the molecule is C(=C\c1ccccc1)/c1ccccc1.c1ccc2scnc2c1. The van der Waals surface area contributed by atoms with Crippen LogP contribution in [0.25, 0.3) is 22.4 Å². The van der Waals surface area contributed by atoms with Crippen molar-refractivity contribution in [1.29, 1.82) is 0 Å². The molecule has 0 aliphatic heterocycles. The van der Waals surface area contributed by atoms with Crippen LogP contribution in [0.3, 0.4) is 0 Å². The molecule has 0 spiro atoms. The first-order chi connectivity index (χ1) is 11.4. The molecule has 1 nitrogen and oxygen atoms in total. The zero-order valence-electron chi connectivity index (χ0n) is 12.7. The van der Waals surface area contributed by atoms with Gasteiger partial charge in [0.15, 0.2) is 0 Å². The number of para-hydroxylation sites is 1. The van der Waals surface area contributed by atoms with Crippen LogP contribution in [-0.4, -0.2) is 4.98 Å². The van der Waals surface area contributed by atoms with Crippen molar-refractivity contribution in [3.63, 3.8) is 0 Å². The Morgan fingerprint density at radius 1 is 0.609 bits per heavy atom. The number of benzene rings is 3. The number of hydrogen-bond donors (Lipinski definition) is 0. The highest BCUT2D eigenvalue weighted by molar-refractivity contribution is 7.16. The highest BCUT2D eigenvalue weighted by Crippen LogP contribution is 2.15. The van der Waals surface area contributed by atoms with Crippen LogP contribution in [0.5, 0.6) is 0 Å². The van der Waals surface area contributed by atoms with Crippen LogP contribution in [-0.2, 0) is 0 Å². The molecule has 2 heteroatoms. The minimum absolute atomic E-state index is 1.10. The quantitative estimate of drug-likeness (QED) is 0.404. The second-order valence-corrected chi connectivity index (χ2v) is 5.86. The molecule has 0 bridgehead atoms. The first-order valence-electron chi connectivity index (χ1n) is 7.48. The number of hydrogen-bond acceptors (Lipinski definition) is 2. The molecule has 1 aromatic heterocycles. The third-order valence-electron chi connectivity index (χ3n) is 3.30. The fourth-order valence-electron chi connectivity index (χ4n) is 2.12. The highest BCUT2D eigenvalue weighted by atomic mass is 32.1. The predicted octanol–water partition coefficient (Wildman–Crippen LogP) is 6.15. The molecule has 0 unspecified atom stereocenters. The Morgan fingerprint density at radius 3 is 1.70 bits per heavy atom. The van der Waals surface area contributed by atoms with Gasteiger partial charge in [-0.05, 0) is 23.3 Å². The minimum Gasteiger partial charge on any atom is -0.245 e. The predicted molar refractivity (Wildman–Crippen MR) is 101 cm³/mol. The standard InChI is InChI=1S/C14H12.C7H5NS/c1-3-7-13(8-4-1)11-12-14-9-5-2-6-10-14;1-2-4-7-6(3-1)8-5-9-7/h1-12H;1-5H/b12-11+;. The van der Waals surface area contributed by atoms with E-state index in [9.17, 15) is 0 Å². The topological polar surface area (TPSA) is 12.9 Å². The lowest BCUT2D eigenvalue weighted by Gasteiger charge is -1.92. The molecular formula is C21H17NS. The second-order valence-electron chi connectivity index (χ2n) is 4.97. The van der Waals surface area contributed by atoms with E-state index in [0.29, 0.717) is 0 Å². The Kier molecular flexibility index (Phi) is 5.33. The Hall–Kier alpha value is -2.71. The van der Waals surface area contributed by atoms with Crippen molar-refractivity contribution < 1.29 is 0 Å². The van der Waals surface area contributed by atoms with E-state index in [2.05, 4.69) is 47.5 Å². The largest absolute Gasteiger partial charge is 0.245 e. The number of thiazole rings is 1. The van der Waals surface area contributed by atoms with E-state index in [4.69, 9.17) is 0 Å². The maximum atomic E-state index is 4.14. The van der Waals surface area contributed by atoms with Gasteiger partial charge < -0.3 is 0 Å². The van der Waals surface area contributed by atoms with Crippen molar-refractivity contribution >= 4 is 33.7 Å². The van der Waals surface area contributed by atoms with Crippen molar-refractivity contribution in [3.05, 3.63) is 102 Å². The molecule has 1 heterocycles. The third kappa shape index (κ3) is 4.63. The Balaban J connectivity index is 0.000000149. The van der Waals surface area contributed by atoms with Crippen molar-refractivity contribution in [2.24, 2.45) is 0 Å². The molecule has 0 saturated carbocycles. The van der Waals surface area contributed by atoms with E-state index in [1.807, 2.05) is 60.1 Å². The minimum atomic E-state index is 1.10. The molecule has 0 amide bonds. The van der Waals surface area contributed by atoms with E-state index in [0.717, 1.165) is 5.52 Å². The van der Waals surface area contributed by atoms with Crippen molar-refractivity contribution in [3.8, 4) is 0 Å². The fourth-order valence-corrected chi connectivity index (χ4v) is 2.80. The van der Waals surface area contributed by atoms with Crippen molar-refractivity contribution in [2.75, 3.05) is 0 Å². The van der Waals surface area contributed by atoms with E-state index in [-0.39, 0.29) is 0 Å². The average Bonchev–Trinajstić information content (AvgIpc) is 3.11. The molecule has 4 rings (SSSR count). The zero-order valence-corrected chi connectivity index (χ0v) is 13.5. The molecule has 0 saturated heterocycles. The van der Waals surface area contributed by atoms with Gasteiger partial charge in [-0.15, -0.1) is 11.3 Å². The summed E-state index contributed by atoms with van der Waals surface area (Å²) in [5.74, 6) is 0. The molecule has 112 valence electrons. The lowest BCUT2D eigenvalue weighted by atomic mass is 10.1. The molecule has 3 aromatic carbocycles. The molecule has 0 radical (unpaired) electrons. The van der Waals surface area contributed by atoms with Crippen LogP contribution in [0, 0.1) is 0 Å². The van der Waals surface area contributed by atoms with Crippen LogP contribution >= 0.6 is 11.3 Å². The summed E-state index contributed by atoms with van der Waals surface area (Å²) in [6, 6.07) is 28.8. The third-order valence-corrected chi connectivity index (χ3v) is 4.11. The van der Waals surface area contributed by atoms with Gasteiger partial charge in [0.2, 0.25) is 0 Å². The summed E-state index contributed by atoms with van der Waals surface area (Å²) >= 11 is 1.68. The number of nitrogens with zero attached hydrogens (tertiary/aromatic N) is 1. The molecule has 0 aliphatic carbocycles. The van der Waals surface area contributed by atoms with Crippen molar-refractivity contribution in [1.82, 2.24) is 4.98 Å². The molecule has 4 aromatic rings. The van der Waals surface area contributed by atoms with Gasteiger partial charge in [-0.1, -0.05) is 84.9 Å². The van der Waals surface area contributed by atoms with Gasteiger partial charge in [-0.3, -0.25) is 0 Å². The maximum Gasteiger partial charge on any atom is 0.0812 e. The first-order valence-corrected chi connectivity index (χ1v) is 8.36. The van der Waals surface area contributed by atoms with Gasteiger partial charge in [0, 0.05) is 0 Å². The lowest BCUT2D eigenvalue weighted by Crippen LogP contribution is -1.70. The van der Waals surface area contributed by atoms with Crippen LogP contribution in [0.1, 0.15) is 11.1 Å². The van der Waals surface area contributed by atoms with Gasteiger partial charge in [0.1, 0.15) is 0 Å². The van der Waals surface area contributed by atoms with Crippen LogP contribution < -0.4 is 0 Å². The monoisotopic (exact) mass is 315 g/mol. The summed E-state index contributed by atoms with van der Waals surface area (Å²) < 4.78 is 1.26. The Labute approximate surface area is 140 Å². The van der Waals surface area contributed by atoms with Gasteiger partial charge in [0.05, 0.1) is 15.7 Å². The second kappa shape index (κ2) is 8.06. The van der Waals surface area contributed by atoms with E-state index >= 15 is 0 Å². The van der Waals surface area contributed by atoms with Crippen LogP contribution in [0.15, 0.2) is 90.4 Å². The van der Waals surface area contributed by atoms with Gasteiger partial charge in [-0.2, -0.15) is 0 Å². The molecular weight excluding hydrogens is 298 g/mol. The lowest BCUT2D eigenvalue weighted by molar-refractivity contribution is 1.50. The van der Waals surface area contributed by atoms with Gasteiger partial charge >= 0.3 is 0 Å². The summed E-state index contributed by atoms with van der Waals surface area (Å²) in [5, 5.41) is 0. The van der Waals surface area contributed by atoms with Crippen LogP contribution in [0.4, 0.5) is 0 Å². The number of fused-ring (bicyclic) bond motifs is 1. The maximum absolute atomic E-state index is 4.14. The van der Waals surface area contributed by atoms with E-state index in [1.165, 1.54) is 15.8 Å². The zero-order chi connectivity index (χ0) is 15.7. The average molecular weight is 315 g/mol. The summed E-state index contributed by atoms with van der Waals surface area (Å²) in [4.78, 5) is 4.14. The van der Waals surface area contributed by atoms with Crippen LogP contribution in [0.2, 0.25) is 0 Å². The number of aromatic nitrogens is 1. The van der Waals surface area contributed by atoms with Crippen molar-refractivity contribution in [2.45, 2.75) is 0 Å². The summed E-state index contributed by atoms with van der Waals surface area (Å²) in [6.07, 6.45) is 4.24. The summed E-state index contributed by atoms with van der Waals surface area (Å²) in [7, 11) is 0. The van der Waals surface area contributed by atoms with E-state index < -0.39 is 0 Å². The summed E-state index contributed by atoms with van der Waals surface area (Å²) in [6.45, 7) is 0. The van der Waals surface area contributed by atoms with E-state index in [1.54, 1.807) is 11.3 Å². The molecule has 0 fully saturated rings. The fraction of sp³-hybridized carbons (Fsp3) is 0. The van der Waals surface area contributed by atoms with Gasteiger partial charge in [-0.25, -0.2) is 4.98 Å². The molecule has 0 aliphatic rings. The Bertz CT molecular complexity index is 792. The highest BCUT2D eigenvalue weighted by Gasteiger charge is 1.89. The molecule has 0 atom stereocenters. The Morgan fingerprint density at radius 2 is 1.13 bits per heavy atom. The molecule has 23 heavy (non-hydrogen) atoms. The first kappa shape index (κ1) is 15.2. The molecule has 0 N–H and O–H groups in total. The summed E-state index contributed by atoms with van der Waals surface area (Å²) in [5.41, 5.74) is 5.43. The van der Waals surface area contributed by atoms with Gasteiger partial charge in [0.25, 0.3) is 0 Å².